The van der Waals surface area contributed by atoms with E-state index in [1.165, 1.54) is 12.1 Å². The van der Waals surface area contributed by atoms with Crippen molar-refractivity contribution in [2.24, 2.45) is 0 Å². The lowest BCUT2D eigenvalue weighted by Gasteiger charge is -2.11. The van der Waals surface area contributed by atoms with Crippen LogP contribution in [0, 0.1) is 10.1 Å². The second kappa shape index (κ2) is 5.94. The van der Waals surface area contributed by atoms with Gasteiger partial charge < -0.3 is 10.2 Å². The number of carbonyl (C=O) groups is 2. The lowest BCUT2D eigenvalue weighted by atomic mass is 9.93. The van der Waals surface area contributed by atoms with Gasteiger partial charge in [-0.25, -0.2) is 4.79 Å². The molecule has 19 heavy (non-hydrogen) atoms. The summed E-state index contributed by atoms with van der Waals surface area (Å²) < 4.78 is 0. The number of benzene rings is 1. The highest BCUT2D eigenvalue weighted by molar-refractivity contribution is 5.88. The highest BCUT2D eigenvalue weighted by atomic mass is 16.6. The first kappa shape index (κ1) is 14.6. The number of carboxylic acids is 2. The molecule has 0 radical (unpaired) electrons. The molecular weight excluding hydrogens is 254 g/mol. The minimum atomic E-state index is -1.24. The number of carboxylic acid groups (broad SMARTS) is 2. The van der Waals surface area contributed by atoms with Crippen LogP contribution in [-0.2, 0) is 4.79 Å². The van der Waals surface area contributed by atoms with E-state index in [0.29, 0.717) is 5.56 Å². The molecule has 0 spiro atoms. The van der Waals surface area contributed by atoms with E-state index in [2.05, 4.69) is 0 Å². The molecule has 0 fully saturated rings. The van der Waals surface area contributed by atoms with Crippen LogP contribution in [0.1, 0.15) is 41.6 Å². The molecule has 0 bridgehead atoms. The van der Waals surface area contributed by atoms with Gasteiger partial charge in [0.05, 0.1) is 10.5 Å². The van der Waals surface area contributed by atoms with Crippen molar-refractivity contribution in [3.05, 3.63) is 39.4 Å². The summed E-state index contributed by atoms with van der Waals surface area (Å²) in [6, 6.07) is 3.64. The standard InChI is InChI=1S/C12H13NO6/c1-7(2-5-11(14)15)9-4-3-8(12(16)17)6-10(9)13(18)19/h3-4,6-7H,2,5H2,1H3,(H,14,15)(H,16,17). The zero-order valence-electron chi connectivity index (χ0n) is 10.2. The van der Waals surface area contributed by atoms with Gasteiger partial charge in [0, 0.05) is 18.1 Å². The van der Waals surface area contributed by atoms with Crippen LogP contribution in [0.2, 0.25) is 0 Å². The van der Waals surface area contributed by atoms with E-state index in [9.17, 15) is 19.7 Å². The zero-order chi connectivity index (χ0) is 14.6. The highest BCUT2D eigenvalue weighted by Crippen LogP contribution is 2.30. The van der Waals surface area contributed by atoms with Crippen LogP contribution >= 0.6 is 0 Å². The lowest BCUT2D eigenvalue weighted by Crippen LogP contribution is -2.05. The first-order chi connectivity index (χ1) is 8.82. The molecule has 0 saturated heterocycles. The number of hydrogen-bond donors (Lipinski definition) is 2. The summed E-state index contributed by atoms with van der Waals surface area (Å²) in [6.45, 7) is 1.67. The molecule has 7 heteroatoms. The first-order valence-corrected chi connectivity index (χ1v) is 5.56. The first-order valence-electron chi connectivity index (χ1n) is 5.56. The molecule has 0 amide bonds. The topological polar surface area (TPSA) is 118 Å². The maximum atomic E-state index is 10.9. The van der Waals surface area contributed by atoms with Crippen LogP contribution in [0.5, 0.6) is 0 Å². The third-order valence-electron chi connectivity index (χ3n) is 2.80. The highest BCUT2D eigenvalue weighted by Gasteiger charge is 2.21. The monoisotopic (exact) mass is 267 g/mol. The Bertz CT molecular complexity index is 525. The maximum absolute atomic E-state index is 10.9. The molecule has 0 aliphatic heterocycles. The summed E-state index contributed by atoms with van der Waals surface area (Å²) in [4.78, 5) is 31.5. The fourth-order valence-electron chi connectivity index (χ4n) is 1.75. The van der Waals surface area contributed by atoms with E-state index >= 15 is 0 Å². The quantitative estimate of drug-likeness (QED) is 0.602. The molecule has 0 aliphatic carbocycles. The SMILES string of the molecule is CC(CCC(=O)O)c1ccc(C(=O)O)cc1[N+](=O)[O-]. The number of hydrogen-bond acceptors (Lipinski definition) is 4. The summed E-state index contributed by atoms with van der Waals surface area (Å²) in [6.07, 6.45) is 0.154. The molecule has 1 rings (SSSR count). The zero-order valence-corrected chi connectivity index (χ0v) is 10.2. The largest absolute Gasteiger partial charge is 0.481 e. The van der Waals surface area contributed by atoms with Gasteiger partial charge in [-0.1, -0.05) is 13.0 Å². The molecule has 0 heterocycles. The minimum absolute atomic E-state index is 0.0982. The van der Waals surface area contributed by atoms with E-state index in [0.717, 1.165) is 6.07 Å². The van der Waals surface area contributed by atoms with Crippen LogP contribution in [0.15, 0.2) is 18.2 Å². The van der Waals surface area contributed by atoms with E-state index in [4.69, 9.17) is 10.2 Å². The maximum Gasteiger partial charge on any atom is 0.335 e. The third-order valence-corrected chi connectivity index (χ3v) is 2.80. The van der Waals surface area contributed by atoms with Crippen LogP contribution in [0.3, 0.4) is 0 Å². The van der Waals surface area contributed by atoms with Gasteiger partial charge in [0.2, 0.25) is 0 Å². The van der Waals surface area contributed by atoms with Gasteiger partial charge in [0.15, 0.2) is 0 Å². The van der Waals surface area contributed by atoms with Crippen molar-refractivity contribution in [1.82, 2.24) is 0 Å². The van der Waals surface area contributed by atoms with Gasteiger partial charge in [0.1, 0.15) is 0 Å². The Balaban J connectivity index is 3.09. The average Bonchev–Trinajstić information content (AvgIpc) is 2.34. The predicted octanol–water partition coefficient (Wildman–Crippen LogP) is 2.26. The average molecular weight is 267 g/mol. The Morgan fingerprint density at radius 2 is 2.00 bits per heavy atom. The molecule has 1 atom stereocenters. The fraction of sp³-hybridized carbons (Fsp3) is 0.333. The Morgan fingerprint density at radius 1 is 1.37 bits per heavy atom. The number of nitrogens with zero attached hydrogens (tertiary/aromatic N) is 1. The van der Waals surface area contributed by atoms with E-state index < -0.39 is 16.9 Å². The number of aliphatic carboxylic acids is 1. The summed E-state index contributed by atoms with van der Waals surface area (Å²) in [5.41, 5.74) is -0.116. The van der Waals surface area contributed by atoms with Gasteiger partial charge in [-0.15, -0.1) is 0 Å². The summed E-state index contributed by atoms with van der Waals surface area (Å²) in [7, 11) is 0. The van der Waals surface area contributed by atoms with Gasteiger partial charge in [-0.2, -0.15) is 0 Å². The summed E-state index contributed by atoms with van der Waals surface area (Å²) >= 11 is 0. The second-order valence-electron chi connectivity index (χ2n) is 4.17. The predicted molar refractivity (Wildman–Crippen MR) is 65.3 cm³/mol. The summed E-state index contributed by atoms with van der Waals surface area (Å²) in [5, 5.41) is 28.3. The van der Waals surface area contributed by atoms with E-state index in [1.807, 2.05) is 0 Å². The van der Waals surface area contributed by atoms with E-state index in [-0.39, 0.29) is 30.0 Å². The van der Waals surface area contributed by atoms with Gasteiger partial charge >= 0.3 is 11.9 Å². The Labute approximate surface area is 108 Å². The Kier molecular flexibility index (Phi) is 4.57. The molecular formula is C12H13NO6. The van der Waals surface area contributed by atoms with Crippen LogP contribution in [0.4, 0.5) is 5.69 Å². The Morgan fingerprint density at radius 3 is 2.47 bits per heavy atom. The molecule has 102 valence electrons. The van der Waals surface area contributed by atoms with Crippen molar-refractivity contribution in [3.63, 3.8) is 0 Å². The summed E-state index contributed by atoms with van der Waals surface area (Å²) in [5.74, 6) is -2.55. The number of nitro benzene ring substituents is 1. The fourth-order valence-corrected chi connectivity index (χ4v) is 1.75. The van der Waals surface area contributed by atoms with Crippen LogP contribution < -0.4 is 0 Å². The molecule has 0 aliphatic rings. The van der Waals surface area contributed by atoms with Crippen molar-refractivity contribution >= 4 is 17.6 Å². The number of nitro groups is 1. The van der Waals surface area contributed by atoms with Gasteiger partial charge in [-0.05, 0) is 18.4 Å². The van der Waals surface area contributed by atoms with Crippen molar-refractivity contribution < 1.29 is 24.7 Å². The molecule has 0 saturated carbocycles. The van der Waals surface area contributed by atoms with Crippen molar-refractivity contribution in [3.8, 4) is 0 Å². The number of rotatable bonds is 6. The third kappa shape index (κ3) is 3.77. The molecule has 1 aromatic rings. The van der Waals surface area contributed by atoms with E-state index in [1.54, 1.807) is 6.92 Å². The normalized spacial score (nSPS) is 11.8. The van der Waals surface area contributed by atoms with Crippen molar-refractivity contribution in [1.29, 1.82) is 0 Å². The minimum Gasteiger partial charge on any atom is -0.481 e. The van der Waals surface area contributed by atoms with Crippen molar-refractivity contribution in [2.75, 3.05) is 0 Å². The second-order valence-corrected chi connectivity index (χ2v) is 4.17. The van der Waals surface area contributed by atoms with Gasteiger partial charge in [0.25, 0.3) is 5.69 Å². The molecule has 1 aromatic carbocycles. The Hall–Kier alpha value is -2.44. The number of aromatic carboxylic acids is 1. The van der Waals surface area contributed by atoms with Crippen molar-refractivity contribution in [2.45, 2.75) is 25.7 Å². The van der Waals surface area contributed by atoms with Crippen LogP contribution in [0.25, 0.3) is 0 Å². The molecule has 0 aromatic heterocycles. The smallest absolute Gasteiger partial charge is 0.335 e. The molecule has 7 nitrogen and oxygen atoms in total. The van der Waals surface area contributed by atoms with Crippen LogP contribution in [-0.4, -0.2) is 27.1 Å². The molecule has 2 N–H and O–H groups in total. The van der Waals surface area contributed by atoms with Gasteiger partial charge in [-0.3, -0.25) is 14.9 Å². The molecule has 1 unspecified atom stereocenters. The lowest BCUT2D eigenvalue weighted by molar-refractivity contribution is -0.385.